The summed E-state index contributed by atoms with van der Waals surface area (Å²) < 4.78 is 0. The summed E-state index contributed by atoms with van der Waals surface area (Å²) in [7, 11) is 0. The van der Waals surface area contributed by atoms with Gasteiger partial charge in [0, 0.05) is 11.7 Å². The van der Waals surface area contributed by atoms with Crippen molar-refractivity contribution in [2.75, 3.05) is 5.32 Å². The molecular weight excluding hydrogens is 302 g/mol. The predicted molar refractivity (Wildman–Crippen MR) is 105 cm³/mol. The Morgan fingerprint density at radius 1 is 0.840 bits per heavy atom. The minimum absolute atomic E-state index is 0.442. The maximum Gasteiger partial charge on any atom is 0.0342 e. The lowest BCUT2D eigenvalue weighted by Gasteiger charge is -2.64. The van der Waals surface area contributed by atoms with Gasteiger partial charge < -0.3 is 5.32 Å². The van der Waals surface area contributed by atoms with Crippen LogP contribution in [0, 0.1) is 17.3 Å². The molecule has 4 saturated carbocycles. The Bertz CT molecular complexity index is 721. The van der Waals surface area contributed by atoms with Gasteiger partial charge in [0.25, 0.3) is 0 Å². The molecule has 2 aromatic rings. The fourth-order valence-corrected chi connectivity index (χ4v) is 6.91. The lowest BCUT2D eigenvalue weighted by molar-refractivity contribution is -0.0789. The first-order chi connectivity index (χ1) is 12.2. The summed E-state index contributed by atoms with van der Waals surface area (Å²) in [6, 6.07) is 22.8. The molecule has 4 aliphatic rings. The molecule has 1 nitrogen and oxygen atoms in total. The van der Waals surface area contributed by atoms with E-state index in [1.54, 1.807) is 5.56 Å². The van der Waals surface area contributed by atoms with Crippen LogP contribution in [0.15, 0.2) is 60.7 Å². The van der Waals surface area contributed by atoms with Crippen LogP contribution in [0.5, 0.6) is 0 Å². The summed E-state index contributed by atoms with van der Waals surface area (Å²) in [6.07, 6.45) is 8.56. The van der Waals surface area contributed by atoms with Crippen LogP contribution >= 0.6 is 0 Å². The summed E-state index contributed by atoms with van der Waals surface area (Å²) >= 11 is 0. The first-order valence-corrected chi connectivity index (χ1v) is 10.0. The molecule has 130 valence electrons. The van der Waals surface area contributed by atoms with E-state index in [4.69, 9.17) is 0 Å². The van der Waals surface area contributed by atoms with Crippen LogP contribution in [0.2, 0.25) is 0 Å². The second kappa shape index (κ2) is 5.62. The van der Waals surface area contributed by atoms with Crippen molar-refractivity contribution in [3.63, 3.8) is 0 Å². The fraction of sp³-hybridized carbons (Fsp3) is 0.500. The molecule has 3 atom stereocenters. The van der Waals surface area contributed by atoms with Gasteiger partial charge in [0.2, 0.25) is 0 Å². The Morgan fingerprint density at radius 3 is 2.08 bits per heavy atom. The molecule has 4 bridgehead atoms. The van der Waals surface area contributed by atoms with Gasteiger partial charge in [-0.3, -0.25) is 0 Å². The Hall–Kier alpha value is -1.76. The molecule has 0 amide bonds. The van der Waals surface area contributed by atoms with E-state index >= 15 is 0 Å². The van der Waals surface area contributed by atoms with Crippen molar-refractivity contribution in [1.29, 1.82) is 0 Å². The zero-order chi connectivity index (χ0) is 16.9. The summed E-state index contributed by atoms with van der Waals surface area (Å²) in [6.45, 7) is 2.44. The van der Waals surface area contributed by atoms with Crippen LogP contribution in [-0.4, -0.2) is 6.04 Å². The first kappa shape index (κ1) is 15.5. The molecule has 0 radical (unpaired) electrons. The average Bonchev–Trinajstić information content (AvgIpc) is 2.62. The minimum Gasteiger partial charge on any atom is -0.382 e. The van der Waals surface area contributed by atoms with E-state index < -0.39 is 0 Å². The van der Waals surface area contributed by atoms with Gasteiger partial charge in [-0.15, -0.1) is 0 Å². The van der Waals surface area contributed by atoms with Gasteiger partial charge in [-0.05, 0) is 85.8 Å². The highest BCUT2D eigenvalue weighted by atomic mass is 14.9. The van der Waals surface area contributed by atoms with Crippen LogP contribution in [-0.2, 0) is 5.41 Å². The van der Waals surface area contributed by atoms with Crippen LogP contribution in [0.3, 0.4) is 0 Å². The van der Waals surface area contributed by atoms with Gasteiger partial charge in [0.05, 0.1) is 0 Å². The van der Waals surface area contributed by atoms with Crippen molar-refractivity contribution in [2.24, 2.45) is 17.3 Å². The highest BCUT2D eigenvalue weighted by Gasteiger charge is 2.59. The third-order valence-electron chi connectivity index (χ3n) is 7.57. The highest BCUT2D eigenvalue weighted by molar-refractivity contribution is 5.44. The van der Waals surface area contributed by atoms with E-state index in [0.717, 1.165) is 11.8 Å². The number of anilines is 1. The summed E-state index contributed by atoms with van der Waals surface area (Å²) in [4.78, 5) is 0. The van der Waals surface area contributed by atoms with Crippen LogP contribution < -0.4 is 5.32 Å². The van der Waals surface area contributed by atoms with E-state index in [0.29, 0.717) is 16.9 Å². The van der Waals surface area contributed by atoms with E-state index in [1.807, 2.05) is 0 Å². The Kier molecular flexibility index (Phi) is 3.48. The first-order valence-electron chi connectivity index (χ1n) is 10.0. The Morgan fingerprint density at radius 2 is 1.44 bits per heavy atom. The molecule has 2 aromatic carbocycles. The Labute approximate surface area is 151 Å². The van der Waals surface area contributed by atoms with E-state index in [-0.39, 0.29) is 0 Å². The molecule has 0 heterocycles. The fourth-order valence-electron chi connectivity index (χ4n) is 6.91. The summed E-state index contributed by atoms with van der Waals surface area (Å²) in [5, 5.41) is 3.87. The van der Waals surface area contributed by atoms with Crippen molar-refractivity contribution in [1.82, 2.24) is 0 Å². The van der Waals surface area contributed by atoms with Gasteiger partial charge in [-0.25, -0.2) is 0 Å². The molecule has 0 aliphatic heterocycles. The molecular formula is C24H29N. The van der Waals surface area contributed by atoms with E-state index in [1.165, 1.54) is 44.2 Å². The lowest BCUT2D eigenvalue weighted by atomic mass is 9.41. The molecule has 1 N–H and O–H groups in total. The van der Waals surface area contributed by atoms with Gasteiger partial charge in [0.1, 0.15) is 0 Å². The molecule has 0 saturated heterocycles. The van der Waals surface area contributed by atoms with Crippen molar-refractivity contribution >= 4 is 5.69 Å². The number of rotatable bonds is 4. The van der Waals surface area contributed by atoms with Crippen molar-refractivity contribution in [2.45, 2.75) is 56.9 Å². The normalized spacial score (nSPS) is 37.0. The average molecular weight is 332 g/mol. The second-order valence-electron chi connectivity index (χ2n) is 9.20. The highest BCUT2D eigenvalue weighted by Crippen LogP contribution is 2.66. The maximum absolute atomic E-state index is 3.87. The predicted octanol–water partition coefficient (Wildman–Crippen LogP) is 6.03. The van der Waals surface area contributed by atoms with Gasteiger partial charge in [0.15, 0.2) is 0 Å². The quantitative estimate of drug-likeness (QED) is 0.722. The molecule has 3 unspecified atom stereocenters. The van der Waals surface area contributed by atoms with Crippen molar-refractivity contribution in [3.05, 3.63) is 66.2 Å². The van der Waals surface area contributed by atoms with Gasteiger partial charge in [-0.2, -0.15) is 0 Å². The smallest absolute Gasteiger partial charge is 0.0342 e. The van der Waals surface area contributed by atoms with E-state index in [9.17, 15) is 0 Å². The SMILES string of the molecule is CC(Nc1ccccc1)C12CC3CC(CC(c4ccccc4)(C3)C1)C2. The number of para-hydroxylation sites is 1. The lowest BCUT2D eigenvalue weighted by Crippen LogP contribution is -2.58. The topological polar surface area (TPSA) is 12.0 Å². The standard InChI is InChI=1S/C24H29N/c1-18(25-22-10-6-3-7-11-22)23-13-19-12-20(14-23)16-24(15-19,17-23)21-8-4-2-5-9-21/h2-11,18-20,25H,12-17H2,1H3. The molecule has 1 heteroatoms. The van der Waals surface area contributed by atoms with Crippen LogP contribution in [0.25, 0.3) is 0 Å². The molecule has 0 aromatic heterocycles. The maximum atomic E-state index is 3.87. The minimum atomic E-state index is 0.442. The van der Waals surface area contributed by atoms with E-state index in [2.05, 4.69) is 72.9 Å². The van der Waals surface area contributed by atoms with Crippen LogP contribution in [0.1, 0.15) is 51.0 Å². The van der Waals surface area contributed by atoms with Crippen molar-refractivity contribution < 1.29 is 0 Å². The van der Waals surface area contributed by atoms with Crippen LogP contribution in [0.4, 0.5) is 5.69 Å². The molecule has 4 aliphatic carbocycles. The second-order valence-corrected chi connectivity index (χ2v) is 9.20. The molecule has 0 spiro atoms. The van der Waals surface area contributed by atoms with Gasteiger partial charge in [-0.1, -0.05) is 48.5 Å². The summed E-state index contributed by atoms with van der Waals surface area (Å²) in [5.74, 6) is 1.86. The van der Waals surface area contributed by atoms with Gasteiger partial charge >= 0.3 is 0 Å². The Balaban J connectivity index is 1.48. The van der Waals surface area contributed by atoms with Crippen molar-refractivity contribution in [3.8, 4) is 0 Å². The monoisotopic (exact) mass is 331 g/mol. The zero-order valence-corrected chi connectivity index (χ0v) is 15.2. The number of benzene rings is 2. The zero-order valence-electron chi connectivity index (χ0n) is 15.2. The molecule has 4 fully saturated rings. The third-order valence-corrected chi connectivity index (χ3v) is 7.57. The third kappa shape index (κ3) is 2.51. The largest absolute Gasteiger partial charge is 0.382 e. The summed E-state index contributed by atoms with van der Waals surface area (Å²) in [5.41, 5.74) is 3.80. The number of nitrogens with one attached hydrogen (secondary N) is 1. The number of hydrogen-bond acceptors (Lipinski definition) is 1. The molecule has 25 heavy (non-hydrogen) atoms. The molecule has 6 rings (SSSR count). The number of hydrogen-bond donors (Lipinski definition) is 1.